The molecule has 4 nitrogen and oxygen atoms in total. The van der Waals surface area contributed by atoms with E-state index in [9.17, 15) is 0 Å². The Hall–Kier alpha value is -2.72. The summed E-state index contributed by atoms with van der Waals surface area (Å²) in [5, 5.41) is 8.86. The van der Waals surface area contributed by atoms with E-state index in [-0.39, 0.29) is 0 Å². The fourth-order valence-corrected chi connectivity index (χ4v) is 1.69. The summed E-state index contributed by atoms with van der Waals surface area (Å²) in [5.41, 5.74) is 2.67. The van der Waals surface area contributed by atoms with E-state index in [1.165, 1.54) is 0 Å². The van der Waals surface area contributed by atoms with Crippen LogP contribution >= 0.6 is 0 Å². The zero-order valence-corrected chi connectivity index (χ0v) is 12.0. The monoisotopic (exact) mass is 268 g/mol. The molecule has 0 aliphatic heterocycles. The fourth-order valence-electron chi connectivity index (χ4n) is 1.69. The second-order valence-corrected chi connectivity index (χ2v) is 4.17. The maximum Gasteiger partial charge on any atom is 0.163 e. The van der Waals surface area contributed by atoms with Gasteiger partial charge in [-0.2, -0.15) is 5.26 Å². The molecule has 1 rings (SSSR count). The van der Waals surface area contributed by atoms with Crippen LogP contribution in [0.3, 0.4) is 0 Å². The highest BCUT2D eigenvalue weighted by molar-refractivity contribution is 5.70. The van der Waals surface area contributed by atoms with Gasteiger partial charge in [-0.25, -0.2) is 4.85 Å². The summed E-state index contributed by atoms with van der Waals surface area (Å²) >= 11 is 0. The summed E-state index contributed by atoms with van der Waals surface area (Å²) in [5.74, 6) is 1.26. The third-order valence-electron chi connectivity index (χ3n) is 2.67. The molecule has 0 heterocycles. The van der Waals surface area contributed by atoms with Crippen LogP contribution < -0.4 is 9.47 Å². The zero-order chi connectivity index (χ0) is 15.1. The second-order valence-electron chi connectivity index (χ2n) is 4.17. The number of hydrogen-bond donors (Lipinski definition) is 0. The molecule has 0 aliphatic carbocycles. The molecule has 20 heavy (non-hydrogen) atoms. The molecule has 0 saturated heterocycles. The van der Waals surface area contributed by atoms with Crippen molar-refractivity contribution >= 4 is 12.2 Å². The maximum absolute atomic E-state index is 8.86. The van der Waals surface area contributed by atoms with Gasteiger partial charge < -0.3 is 9.47 Å². The highest BCUT2D eigenvalue weighted by Gasteiger charge is 2.09. The molecular weight excluding hydrogens is 252 g/mol. The normalized spacial score (nSPS) is 11.5. The minimum atomic E-state index is 0.557. The molecule has 0 radical (unpaired) electrons. The molecule has 0 amide bonds. The average Bonchev–Trinajstić information content (AvgIpc) is 2.47. The van der Waals surface area contributed by atoms with Crippen molar-refractivity contribution in [2.75, 3.05) is 14.2 Å². The van der Waals surface area contributed by atoms with Gasteiger partial charge in [0, 0.05) is 16.7 Å². The van der Waals surface area contributed by atoms with E-state index in [0.717, 1.165) is 11.1 Å². The molecule has 0 fully saturated rings. The molecule has 1 aromatic carbocycles. The average molecular weight is 268 g/mol. The van der Waals surface area contributed by atoms with E-state index in [4.69, 9.17) is 21.3 Å². The summed E-state index contributed by atoms with van der Waals surface area (Å²) in [6.07, 6.45) is 3.47. The van der Waals surface area contributed by atoms with E-state index in [0.29, 0.717) is 22.8 Å². The molecule has 102 valence electrons. The highest BCUT2D eigenvalue weighted by Crippen LogP contribution is 2.32. The highest BCUT2D eigenvalue weighted by atomic mass is 16.5. The third-order valence-corrected chi connectivity index (χ3v) is 2.67. The molecule has 0 aliphatic rings. The molecule has 0 atom stereocenters. The second kappa shape index (κ2) is 7.01. The Morgan fingerprint density at radius 2 is 1.65 bits per heavy atom. The van der Waals surface area contributed by atoms with Crippen molar-refractivity contribution < 1.29 is 9.47 Å². The number of nitriles is 1. The van der Waals surface area contributed by atoms with Crippen LogP contribution in [0.4, 0.5) is 0 Å². The minimum Gasteiger partial charge on any atom is -0.496 e. The van der Waals surface area contributed by atoms with Gasteiger partial charge in [0.25, 0.3) is 0 Å². The number of nitrogens with zero attached hydrogens (tertiary/aromatic N) is 2. The first-order valence-corrected chi connectivity index (χ1v) is 5.95. The molecule has 0 spiro atoms. The molecule has 4 heteroatoms. The van der Waals surface area contributed by atoms with Crippen molar-refractivity contribution in [1.82, 2.24) is 0 Å². The quantitative estimate of drug-likeness (QED) is 0.614. The largest absolute Gasteiger partial charge is 0.496 e. The van der Waals surface area contributed by atoms with Crippen molar-refractivity contribution in [2.24, 2.45) is 0 Å². The zero-order valence-electron chi connectivity index (χ0n) is 12.0. The van der Waals surface area contributed by atoms with E-state index >= 15 is 0 Å². The molecular formula is C16H16N2O2. The number of benzene rings is 1. The standard InChI is InChI=1S/C16H16N2O2/c1-11(10-17)6-13-8-16(20-5)14(7-12(2)18-3)9-15(13)19-4/h6-9H,1-2,4-5H3/b11-6-,12-7-. The van der Waals surface area contributed by atoms with E-state index in [2.05, 4.69) is 10.9 Å². The lowest BCUT2D eigenvalue weighted by Crippen LogP contribution is -1.93. The summed E-state index contributed by atoms with van der Waals surface area (Å²) in [7, 11) is 3.13. The Bertz CT molecular complexity index is 586. The maximum atomic E-state index is 8.86. The summed E-state index contributed by atoms with van der Waals surface area (Å²) in [4.78, 5) is 3.36. The Morgan fingerprint density at radius 3 is 2.05 bits per heavy atom. The van der Waals surface area contributed by atoms with Crippen LogP contribution in [0.5, 0.6) is 11.5 Å². The van der Waals surface area contributed by atoms with Gasteiger partial charge in [0.05, 0.1) is 26.9 Å². The Kier molecular flexibility index (Phi) is 5.38. The smallest absolute Gasteiger partial charge is 0.163 e. The van der Waals surface area contributed by atoms with E-state index in [1.807, 2.05) is 0 Å². The minimum absolute atomic E-state index is 0.557. The van der Waals surface area contributed by atoms with Crippen molar-refractivity contribution in [3.05, 3.63) is 45.9 Å². The number of methoxy groups -OCH3 is 2. The summed E-state index contributed by atoms with van der Waals surface area (Å²) in [6.45, 7) is 10.4. The number of ether oxygens (including phenoxy) is 2. The lowest BCUT2D eigenvalue weighted by atomic mass is 10.1. The van der Waals surface area contributed by atoms with Gasteiger partial charge in [-0.1, -0.05) is 6.08 Å². The molecule has 0 unspecified atom stereocenters. The van der Waals surface area contributed by atoms with Crippen molar-refractivity contribution in [1.29, 1.82) is 5.26 Å². The van der Waals surface area contributed by atoms with Crippen LogP contribution in [0.2, 0.25) is 0 Å². The van der Waals surface area contributed by atoms with Gasteiger partial charge in [0.15, 0.2) is 5.70 Å². The van der Waals surface area contributed by atoms with Gasteiger partial charge in [-0.15, -0.1) is 0 Å². The van der Waals surface area contributed by atoms with Gasteiger partial charge in [0.2, 0.25) is 0 Å². The summed E-state index contributed by atoms with van der Waals surface area (Å²) in [6, 6.07) is 5.66. The van der Waals surface area contributed by atoms with Gasteiger partial charge >= 0.3 is 0 Å². The van der Waals surface area contributed by atoms with Crippen LogP contribution in [-0.2, 0) is 0 Å². The van der Waals surface area contributed by atoms with Crippen molar-refractivity contribution in [2.45, 2.75) is 13.8 Å². The van der Waals surface area contributed by atoms with Crippen LogP contribution in [0, 0.1) is 17.9 Å². The predicted molar refractivity (Wildman–Crippen MR) is 79.1 cm³/mol. The van der Waals surface area contributed by atoms with Gasteiger partial charge in [-0.3, -0.25) is 0 Å². The molecule has 0 saturated carbocycles. The first-order chi connectivity index (χ1) is 9.55. The number of hydrogen-bond acceptors (Lipinski definition) is 3. The molecule has 0 N–H and O–H groups in total. The Labute approximate surface area is 119 Å². The first-order valence-electron chi connectivity index (χ1n) is 5.95. The van der Waals surface area contributed by atoms with Crippen LogP contribution in [-0.4, -0.2) is 14.2 Å². The number of rotatable bonds is 4. The lowest BCUT2D eigenvalue weighted by molar-refractivity contribution is 0.401. The molecule has 0 aromatic heterocycles. The Balaban J connectivity index is 3.47. The van der Waals surface area contributed by atoms with Crippen molar-refractivity contribution in [3.63, 3.8) is 0 Å². The third kappa shape index (κ3) is 3.63. The van der Waals surface area contributed by atoms with Crippen LogP contribution in [0.15, 0.2) is 23.4 Å². The molecule has 0 bridgehead atoms. The fraction of sp³-hybridized carbons (Fsp3) is 0.250. The summed E-state index contributed by atoms with van der Waals surface area (Å²) < 4.78 is 10.7. The van der Waals surface area contributed by atoms with E-state index in [1.54, 1.807) is 52.4 Å². The van der Waals surface area contributed by atoms with Gasteiger partial charge in [-0.05, 0) is 32.1 Å². The van der Waals surface area contributed by atoms with E-state index < -0.39 is 0 Å². The Morgan fingerprint density at radius 1 is 1.15 bits per heavy atom. The van der Waals surface area contributed by atoms with Crippen LogP contribution in [0.1, 0.15) is 25.0 Å². The lowest BCUT2D eigenvalue weighted by Gasteiger charge is -2.11. The van der Waals surface area contributed by atoms with Crippen LogP contribution in [0.25, 0.3) is 17.0 Å². The predicted octanol–water partition coefficient (Wildman–Crippen LogP) is 3.91. The SMILES string of the molecule is [C-]#[N+]/C(C)=C\c1cc(OC)c(/C=C(/C)C#N)cc1OC. The van der Waals surface area contributed by atoms with Crippen molar-refractivity contribution in [3.8, 4) is 17.6 Å². The topological polar surface area (TPSA) is 46.6 Å². The number of allylic oxidation sites excluding steroid dienone is 2. The first kappa shape index (κ1) is 15.3. The molecule has 1 aromatic rings. The van der Waals surface area contributed by atoms with Gasteiger partial charge in [0.1, 0.15) is 11.5 Å².